The summed E-state index contributed by atoms with van der Waals surface area (Å²) in [6.07, 6.45) is 0.351. The summed E-state index contributed by atoms with van der Waals surface area (Å²) in [5.74, 6) is 0. The molecule has 0 spiro atoms. The summed E-state index contributed by atoms with van der Waals surface area (Å²) in [4.78, 5) is 2.39. The highest BCUT2D eigenvalue weighted by molar-refractivity contribution is 6.10. The fraction of sp³-hybridized carbons (Fsp3) is 1.00. The first-order valence-electron chi connectivity index (χ1n) is 4.55. The Morgan fingerprint density at radius 3 is 2.25 bits per heavy atom. The van der Waals surface area contributed by atoms with Crippen LogP contribution in [0.3, 0.4) is 0 Å². The van der Waals surface area contributed by atoms with Gasteiger partial charge in [0.1, 0.15) is 7.85 Å². The predicted octanol–water partition coefficient (Wildman–Crippen LogP) is 1.00. The Labute approximate surface area is 76.7 Å². The highest BCUT2D eigenvalue weighted by Gasteiger charge is 2.34. The van der Waals surface area contributed by atoms with Crippen molar-refractivity contribution in [3.05, 3.63) is 0 Å². The van der Waals surface area contributed by atoms with Crippen LogP contribution in [0, 0.1) is 0 Å². The predicted molar refractivity (Wildman–Crippen MR) is 51.4 cm³/mol. The topological polar surface area (TPSA) is 12.5 Å². The lowest BCUT2D eigenvalue weighted by Crippen LogP contribution is -2.60. The molecule has 1 fully saturated rings. The maximum absolute atomic E-state index is 5.52. The average molecular weight is 167 g/mol. The molecule has 1 atom stereocenters. The van der Waals surface area contributed by atoms with Crippen molar-refractivity contribution in [3.8, 4) is 0 Å². The summed E-state index contributed by atoms with van der Waals surface area (Å²) < 4.78 is 5.45. The lowest BCUT2D eigenvalue weighted by molar-refractivity contribution is -0.0950. The van der Waals surface area contributed by atoms with Crippen LogP contribution in [0.5, 0.6) is 0 Å². The van der Waals surface area contributed by atoms with Crippen molar-refractivity contribution in [2.24, 2.45) is 0 Å². The molecule has 2 nitrogen and oxygen atoms in total. The number of likely N-dealkylation sites (tertiary alicyclic amines) is 1. The van der Waals surface area contributed by atoms with Gasteiger partial charge >= 0.3 is 0 Å². The van der Waals surface area contributed by atoms with E-state index >= 15 is 0 Å². The SMILES string of the molecule is [B]C(C)OC1CN(C(C)(C)C)C1. The van der Waals surface area contributed by atoms with Crippen molar-refractivity contribution in [3.63, 3.8) is 0 Å². The molecule has 0 amide bonds. The Bertz CT molecular complexity index is 147. The Balaban J connectivity index is 2.20. The molecule has 1 unspecified atom stereocenters. The van der Waals surface area contributed by atoms with Crippen LogP contribution in [-0.2, 0) is 4.74 Å². The highest BCUT2D eigenvalue weighted by Crippen LogP contribution is 2.22. The molecule has 0 saturated carbocycles. The van der Waals surface area contributed by atoms with Gasteiger partial charge in [0.25, 0.3) is 0 Å². The van der Waals surface area contributed by atoms with Gasteiger partial charge in [0.05, 0.1) is 6.10 Å². The van der Waals surface area contributed by atoms with Gasteiger partial charge < -0.3 is 4.74 Å². The second-order valence-corrected chi connectivity index (χ2v) is 4.54. The Morgan fingerprint density at radius 2 is 1.92 bits per heavy atom. The van der Waals surface area contributed by atoms with Gasteiger partial charge in [0.2, 0.25) is 0 Å². The van der Waals surface area contributed by atoms with Crippen molar-refractivity contribution in [2.75, 3.05) is 13.1 Å². The van der Waals surface area contributed by atoms with E-state index in [0.29, 0.717) is 6.10 Å². The first-order valence-corrected chi connectivity index (χ1v) is 4.55. The van der Waals surface area contributed by atoms with Gasteiger partial charge in [-0.25, -0.2) is 0 Å². The van der Waals surface area contributed by atoms with E-state index in [0.717, 1.165) is 13.1 Å². The Morgan fingerprint density at radius 1 is 1.42 bits per heavy atom. The molecular weight excluding hydrogens is 149 g/mol. The molecule has 2 radical (unpaired) electrons. The monoisotopic (exact) mass is 167 g/mol. The number of hydrogen-bond acceptors (Lipinski definition) is 2. The molecule has 0 aromatic rings. The number of ether oxygens (including phenoxy) is 1. The molecule has 0 aliphatic carbocycles. The second-order valence-electron chi connectivity index (χ2n) is 4.54. The zero-order valence-electron chi connectivity index (χ0n) is 8.50. The first kappa shape index (κ1) is 10.1. The number of nitrogens with zero attached hydrogens (tertiary/aromatic N) is 1. The van der Waals surface area contributed by atoms with E-state index in [9.17, 15) is 0 Å². The van der Waals surface area contributed by atoms with Crippen molar-refractivity contribution in [1.29, 1.82) is 0 Å². The van der Waals surface area contributed by atoms with Crippen molar-refractivity contribution in [2.45, 2.75) is 45.3 Å². The standard InChI is InChI=1S/C9H18BNO/c1-7(10)12-8-5-11(6-8)9(2,3)4/h7-8H,5-6H2,1-4H3. The fourth-order valence-electron chi connectivity index (χ4n) is 1.38. The van der Waals surface area contributed by atoms with E-state index in [4.69, 9.17) is 12.6 Å². The summed E-state index contributed by atoms with van der Waals surface area (Å²) in [7, 11) is 5.52. The summed E-state index contributed by atoms with van der Waals surface area (Å²) in [5, 5.41) is 0. The second kappa shape index (κ2) is 3.39. The molecule has 0 aromatic carbocycles. The Kier molecular flexibility index (Phi) is 2.84. The van der Waals surface area contributed by atoms with E-state index < -0.39 is 0 Å². The molecular formula is C9H18BNO. The molecule has 1 heterocycles. The van der Waals surface area contributed by atoms with Gasteiger partial charge in [0.15, 0.2) is 0 Å². The van der Waals surface area contributed by atoms with Crippen LogP contribution in [0.1, 0.15) is 27.7 Å². The van der Waals surface area contributed by atoms with Crippen molar-refractivity contribution >= 4 is 7.85 Å². The van der Waals surface area contributed by atoms with Gasteiger partial charge in [-0.2, -0.15) is 0 Å². The maximum atomic E-state index is 5.52. The van der Waals surface area contributed by atoms with E-state index in [1.54, 1.807) is 0 Å². The summed E-state index contributed by atoms with van der Waals surface area (Å²) in [6.45, 7) is 10.6. The quantitative estimate of drug-likeness (QED) is 0.569. The van der Waals surface area contributed by atoms with Crippen LogP contribution in [0.4, 0.5) is 0 Å². The highest BCUT2D eigenvalue weighted by atomic mass is 16.5. The van der Waals surface area contributed by atoms with Crippen LogP contribution in [-0.4, -0.2) is 43.5 Å². The van der Waals surface area contributed by atoms with Gasteiger partial charge in [-0.05, 0) is 27.7 Å². The zero-order valence-corrected chi connectivity index (χ0v) is 8.50. The molecule has 12 heavy (non-hydrogen) atoms. The average Bonchev–Trinajstić information content (AvgIpc) is 1.73. The molecule has 1 aliphatic heterocycles. The van der Waals surface area contributed by atoms with Gasteiger partial charge in [-0.15, -0.1) is 0 Å². The molecule has 0 aromatic heterocycles. The van der Waals surface area contributed by atoms with Crippen LogP contribution < -0.4 is 0 Å². The number of rotatable bonds is 2. The lowest BCUT2D eigenvalue weighted by atomic mass is 9.97. The minimum atomic E-state index is -0.128. The molecule has 0 N–H and O–H groups in total. The summed E-state index contributed by atoms with van der Waals surface area (Å²) in [5.41, 5.74) is 0.275. The summed E-state index contributed by atoms with van der Waals surface area (Å²) >= 11 is 0. The zero-order chi connectivity index (χ0) is 9.35. The lowest BCUT2D eigenvalue weighted by Gasteiger charge is -2.47. The third-order valence-electron chi connectivity index (χ3n) is 2.20. The van der Waals surface area contributed by atoms with Crippen molar-refractivity contribution in [1.82, 2.24) is 4.90 Å². The van der Waals surface area contributed by atoms with Gasteiger partial charge in [0, 0.05) is 24.6 Å². The van der Waals surface area contributed by atoms with Gasteiger partial charge in [-0.1, -0.05) is 0 Å². The number of hydrogen-bond donors (Lipinski definition) is 0. The third-order valence-corrected chi connectivity index (χ3v) is 2.20. The molecule has 1 aliphatic rings. The van der Waals surface area contributed by atoms with E-state index in [1.807, 2.05) is 6.92 Å². The smallest absolute Gasteiger partial charge is 0.108 e. The summed E-state index contributed by atoms with van der Waals surface area (Å²) in [6, 6.07) is -0.128. The third kappa shape index (κ3) is 2.49. The minimum Gasteiger partial charge on any atom is -0.382 e. The largest absolute Gasteiger partial charge is 0.382 e. The minimum absolute atomic E-state index is 0.128. The van der Waals surface area contributed by atoms with E-state index in [-0.39, 0.29) is 11.5 Å². The normalized spacial score (nSPS) is 23.7. The molecule has 68 valence electrons. The Hall–Kier alpha value is -0.0151. The molecule has 1 rings (SSSR count). The van der Waals surface area contributed by atoms with Crippen LogP contribution in [0.25, 0.3) is 0 Å². The first-order chi connectivity index (χ1) is 5.39. The fourth-order valence-corrected chi connectivity index (χ4v) is 1.38. The van der Waals surface area contributed by atoms with Crippen LogP contribution in [0.15, 0.2) is 0 Å². The van der Waals surface area contributed by atoms with E-state index in [2.05, 4.69) is 25.7 Å². The van der Waals surface area contributed by atoms with Crippen molar-refractivity contribution < 1.29 is 4.74 Å². The molecule has 1 saturated heterocycles. The molecule has 0 bridgehead atoms. The van der Waals surface area contributed by atoms with E-state index in [1.165, 1.54) is 0 Å². The molecule has 3 heteroatoms. The van der Waals surface area contributed by atoms with Crippen LogP contribution >= 0.6 is 0 Å². The van der Waals surface area contributed by atoms with Gasteiger partial charge in [-0.3, -0.25) is 4.90 Å². The van der Waals surface area contributed by atoms with Crippen LogP contribution in [0.2, 0.25) is 0 Å². The maximum Gasteiger partial charge on any atom is 0.108 e.